The van der Waals surface area contributed by atoms with E-state index in [-0.39, 0.29) is 27.6 Å². The van der Waals surface area contributed by atoms with E-state index in [4.69, 9.17) is 22.1 Å². The van der Waals surface area contributed by atoms with Gasteiger partial charge in [-0.3, -0.25) is 0 Å². The fraction of sp³-hybridized carbons (Fsp3) is 0.0714. The van der Waals surface area contributed by atoms with Gasteiger partial charge in [-0.2, -0.15) is 0 Å². The Labute approximate surface area is 125 Å². The number of methoxy groups -OCH3 is 1. The van der Waals surface area contributed by atoms with Crippen molar-refractivity contribution in [2.24, 2.45) is 0 Å². The maximum atomic E-state index is 13.8. The van der Waals surface area contributed by atoms with Gasteiger partial charge in [0.05, 0.1) is 29.1 Å². The fourth-order valence-electron chi connectivity index (χ4n) is 1.79. The van der Waals surface area contributed by atoms with Crippen LogP contribution in [-0.2, 0) is 0 Å². The highest BCUT2D eigenvalue weighted by atomic mass is 35.5. The van der Waals surface area contributed by atoms with Gasteiger partial charge in [-0.15, -0.1) is 0 Å². The van der Waals surface area contributed by atoms with Crippen molar-refractivity contribution in [1.29, 1.82) is 0 Å². The third-order valence-electron chi connectivity index (χ3n) is 2.78. The molecule has 2 aromatic carbocycles. The third-order valence-corrected chi connectivity index (χ3v) is 3.07. The molecule has 0 aliphatic heterocycles. The van der Waals surface area contributed by atoms with Gasteiger partial charge in [0.15, 0.2) is 0 Å². The van der Waals surface area contributed by atoms with E-state index in [1.165, 1.54) is 37.4 Å². The first-order valence-corrected chi connectivity index (χ1v) is 6.23. The molecule has 2 rings (SSSR count). The van der Waals surface area contributed by atoms with E-state index in [0.717, 1.165) is 0 Å². The molecule has 0 fully saturated rings. The van der Waals surface area contributed by atoms with E-state index in [9.17, 15) is 14.3 Å². The smallest absolute Gasteiger partial charge is 0.337 e. The minimum atomic E-state index is -1.23. The molecule has 0 spiro atoms. The average molecular weight is 311 g/mol. The molecule has 0 atom stereocenters. The van der Waals surface area contributed by atoms with Gasteiger partial charge in [-0.1, -0.05) is 11.6 Å². The largest absolute Gasteiger partial charge is 0.497 e. The minimum Gasteiger partial charge on any atom is -0.497 e. The monoisotopic (exact) mass is 310 g/mol. The van der Waals surface area contributed by atoms with Crippen molar-refractivity contribution in [3.05, 3.63) is 46.7 Å². The van der Waals surface area contributed by atoms with Crippen molar-refractivity contribution >= 4 is 34.6 Å². The number of nitrogens with one attached hydrogen (secondary N) is 1. The lowest BCUT2D eigenvalue weighted by Crippen LogP contribution is -2.06. The topological polar surface area (TPSA) is 84.6 Å². The van der Waals surface area contributed by atoms with E-state index in [1.54, 1.807) is 0 Å². The Hall–Kier alpha value is -2.47. The van der Waals surface area contributed by atoms with Crippen LogP contribution in [0.2, 0.25) is 5.02 Å². The number of aromatic carboxylic acids is 1. The lowest BCUT2D eigenvalue weighted by molar-refractivity contribution is 0.0698. The second kappa shape index (κ2) is 5.88. The van der Waals surface area contributed by atoms with Gasteiger partial charge in [0.1, 0.15) is 11.6 Å². The number of benzene rings is 2. The van der Waals surface area contributed by atoms with Crippen molar-refractivity contribution < 1.29 is 19.0 Å². The third kappa shape index (κ3) is 3.17. The lowest BCUT2D eigenvalue weighted by Gasteiger charge is -2.14. The van der Waals surface area contributed by atoms with E-state index < -0.39 is 11.8 Å². The van der Waals surface area contributed by atoms with Gasteiger partial charge in [0.25, 0.3) is 0 Å². The Balaban J connectivity index is 2.51. The summed E-state index contributed by atoms with van der Waals surface area (Å²) < 4.78 is 18.8. The predicted molar refractivity (Wildman–Crippen MR) is 79.1 cm³/mol. The molecule has 4 N–H and O–H groups in total. The molecular formula is C14H12ClFN2O3. The second-order valence-electron chi connectivity index (χ2n) is 4.20. The summed E-state index contributed by atoms with van der Waals surface area (Å²) in [7, 11) is 1.44. The highest BCUT2D eigenvalue weighted by Crippen LogP contribution is 2.33. The molecule has 2 aromatic rings. The summed E-state index contributed by atoms with van der Waals surface area (Å²) >= 11 is 6.00. The summed E-state index contributed by atoms with van der Waals surface area (Å²) in [4.78, 5) is 11.3. The van der Waals surface area contributed by atoms with Crippen LogP contribution in [0.5, 0.6) is 5.75 Å². The number of hydrogen-bond donors (Lipinski definition) is 3. The number of nitrogens with two attached hydrogens (primary N) is 1. The maximum absolute atomic E-state index is 13.8. The SMILES string of the molecule is COc1ccc(F)c(Nc2c(Cl)cc(N)cc2C(=O)O)c1. The molecular weight excluding hydrogens is 299 g/mol. The van der Waals surface area contributed by atoms with Crippen molar-refractivity contribution in [2.45, 2.75) is 0 Å². The molecule has 21 heavy (non-hydrogen) atoms. The molecule has 0 saturated heterocycles. The van der Waals surface area contributed by atoms with Crippen LogP contribution in [0.3, 0.4) is 0 Å². The molecule has 0 saturated carbocycles. The molecule has 0 amide bonds. The van der Waals surface area contributed by atoms with E-state index in [2.05, 4.69) is 5.32 Å². The predicted octanol–water partition coefficient (Wildman–Crippen LogP) is 3.51. The normalized spacial score (nSPS) is 10.2. The summed E-state index contributed by atoms with van der Waals surface area (Å²) in [5.41, 5.74) is 5.72. The number of nitrogen functional groups attached to an aromatic ring is 1. The van der Waals surface area contributed by atoms with E-state index in [1.807, 2.05) is 0 Å². The number of ether oxygens (including phenoxy) is 1. The second-order valence-corrected chi connectivity index (χ2v) is 4.61. The Bertz CT molecular complexity index is 707. The van der Waals surface area contributed by atoms with Gasteiger partial charge >= 0.3 is 5.97 Å². The van der Waals surface area contributed by atoms with Crippen LogP contribution in [0.25, 0.3) is 0 Å². The van der Waals surface area contributed by atoms with Crippen molar-refractivity contribution in [1.82, 2.24) is 0 Å². The molecule has 0 unspecified atom stereocenters. The van der Waals surface area contributed by atoms with Gasteiger partial charge in [-0.05, 0) is 24.3 Å². The van der Waals surface area contributed by atoms with Crippen molar-refractivity contribution in [2.75, 3.05) is 18.2 Å². The quantitative estimate of drug-likeness (QED) is 0.752. The maximum Gasteiger partial charge on any atom is 0.337 e. The van der Waals surface area contributed by atoms with E-state index in [0.29, 0.717) is 5.75 Å². The standard InChI is InChI=1S/C14H12ClFN2O3/c1-21-8-2-3-11(16)12(6-8)18-13-9(14(19)20)4-7(17)5-10(13)15/h2-6,18H,17H2,1H3,(H,19,20). The molecule has 0 aliphatic rings. The molecule has 7 heteroatoms. The first-order chi connectivity index (χ1) is 9.92. The minimum absolute atomic E-state index is 0.0449. The number of anilines is 3. The number of hydrogen-bond acceptors (Lipinski definition) is 4. The molecule has 0 aromatic heterocycles. The summed E-state index contributed by atoms with van der Waals surface area (Å²) in [6.07, 6.45) is 0. The first kappa shape index (κ1) is 14.9. The van der Waals surface area contributed by atoms with Gasteiger partial charge in [0, 0.05) is 11.8 Å². The van der Waals surface area contributed by atoms with Crippen LogP contribution in [0.4, 0.5) is 21.5 Å². The van der Waals surface area contributed by atoms with Crippen LogP contribution in [0.1, 0.15) is 10.4 Å². The molecule has 110 valence electrons. The van der Waals surface area contributed by atoms with Crippen molar-refractivity contribution in [3.63, 3.8) is 0 Å². The van der Waals surface area contributed by atoms with Crippen LogP contribution < -0.4 is 15.8 Å². The van der Waals surface area contributed by atoms with Crippen LogP contribution in [-0.4, -0.2) is 18.2 Å². The Morgan fingerprint density at radius 1 is 1.38 bits per heavy atom. The Morgan fingerprint density at radius 3 is 2.71 bits per heavy atom. The number of carboxylic acid groups (broad SMARTS) is 1. The average Bonchev–Trinajstić information content (AvgIpc) is 2.43. The summed E-state index contributed by atoms with van der Waals surface area (Å²) in [6, 6.07) is 6.67. The van der Waals surface area contributed by atoms with Gasteiger partial charge in [-0.25, -0.2) is 9.18 Å². The lowest BCUT2D eigenvalue weighted by atomic mass is 10.1. The fourth-order valence-corrected chi connectivity index (χ4v) is 2.06. The van der Waals surface area contributed by atoms with E-state index >= 15 is 0 Å². The molecule has 0 bridgehead atoms. The molecule has 0 aliphatic carbocycles. The Kier molecular flexibility index (Phi) is 4.18. The summed E-state index contributed by atoms with van der Waals surface area (Å²) in [5.74, 6) is -1.38. The number of carbonyl (C=O) groups is 1. The number of halogens is 2. The zero-order valence-corrected chi connectivity index (χ0v) is 11.7. The molecule has 0 radical (unpaired) electrons. The van der Waals surface area contributed by atoms with Gasteiger partial charge < -0.3 is 20.9 Å². The van der Waals surface area contributed by atoms with Crippen molar-refractivity contribution in [3.8, 4) is 5.75 Å². The summed E-state index contributed by atoms with van der Waals surface area (Å²) in [6.45, 7) is 0. The highest BCUT2D eigenvalue weighted by Gasteiger charge is 2.16. The Morgan fingerprint density at radius 2 is 2.10 bits per heavy atom. The van der Waals surface area contributed by atoms with Crippen LogP contribution in [0, 0.1) is 5.82 Å². The molecule has 0 heterocycles. The highest BCUT2D eigenvalue weighted by molar-refractivity contribution is 6.34. The molecule has 5 nitrogen and oxygen atoms in total. The van der Waals surface area contributed by atoms with Crippen LogP contribution >= 0.6 is 11.6 Å². The van der Waals surface area contributed by atoms with Crippen LogP contribution in [0.15, 0.2) is 30.3 Å². The number of carboxylic acids is 1. The summed E-state index contributed by atoms with van der Waals surface area (Å²) in [5, 5.41) is 11.9. The zero-order chi connectivity index (χ0) is 15.6. The zero-order valence-electron chi connectivity index (χ0n) is 11.0. The first-order valence-electron chi connectivity index (χ1n) is 5.85. The number of rotatable bonds is 4. The van der Waals surface area contributed by atoms with Gasteiger partial charge in [0.2, 0.25) is 0 Å².